The van der Waals surface area contributed by atoms with Crippen molar-refractivity contribution < 1.29 is 14.3 Å². The number of nitrogens with zero attached hydrogens (tertiary/aromatic N) is 1. The van der Waals surface area contributed by atoms with E-state index in [2.05, 4.69) is 5.32 Å². The molecule has 5 nitrogen and oxygen atoms in total. The van der Waals surface area contributed by atoms with Gasteiger partial charge in [0.15, 0.2) is 5.75 Å². The molecule has 0 saturated carbocycles. The van der Waals surface area contributed by atoms with Crippen LogP contribution in [-0.2, 0) is 4.79 Å². The normalized spacial score (nSPS) is 15.2. The Morgan fingerprint density at radius 1 is 1.19 bits per heavy atom. The third kappa shape index (κ3) is 4.63. The summed E-state index contributed by atoms with van der Waals surface area (Å²) in [6.45, 7) is 5.16. The Labute approximate surface area is 165 Å². The summed E-state index contributed by atoms with van der Waals surface area (Å²) in [7, 11) is 1.47. The Bertz CT molecular complexity index is 654. The first-order chi connectivity index (χ1) is 12.4. The molecule has 0 spiro atoms. The van der Waals surface area contributed by atoms with Gasteiger partial charge in [0.2, 0.25) is 5.91 Å². The third-order valence-corrected chi connectivity index (χ3v) is 5.57. The van der Waals surface area contributed by atoms with Gasteiger partial charge in [0.05, 0.1) is 17.2 Å². The predicted octanol–water partition coefficient (Wildman–Crippen LogP) is 4.16. The maximum Gasteiger partial charge on any atom is 0.259 e. The van der Waals surface area contributed by atoms with Gasteiger partial charge in [-0.2, -0.15) is 0 Å². The molecule has 1 fully saturated rings. The van der Waals surface area contributed by atoms with Gasteiger partial charge in [-0.05, 0) is 37.8 Å². The van der Waals surface area contributed by atoms with Gasteiger partial charge in [-0.3, -0.25) is 9.59 Å². The summed E-state index contributed by atoms with van der Waals surface area (Å²) < 4.78 is 5.27. The van der Waals surface area contributed by atoms with Crippen molar-refractivity contribution in [1.82, 2.24) is 10.2 Å². The van der Waals surface area contributed by atoms with E-state index in [1.54, 1.807) is 17.0 Å². The molecule has 0 radical (unpaired) electrons. The van der Waals surface area contributed by atoms with Crippen LogP contribution < -0.4 is 10.1 Å². The van der Waals surface area contributed by atoms with Crippen molar-refractivity contribution in [3.8, 4) is 5.75 Å². The summed E-state index contributed by atoms with van der Waals surface area (Å²) in [5, 5.41) is 3.79. The molecule has 0 atom stereocenters. The highest BCUT2D eigenvalue weighted by molar-refractivity contribution is 6.37. The lowest BCUT2D eigenvalue weighted by Gasteiger charge is -2.33. The highest BCUT2D eigenvalue weighted by atomic mass is 35.5. The lowest BCUT2D eigenvalue weighted by Crippen LogP contribution is -2.47. The summed E-state index contributed by atoms with van der Waals surface area (Å²) in [6.07, 6.45) is 3.12. The van der Waals surface area contributed by atoms with Gasteiger partial charge < -0.3 is 15.0 Å². The molecule has 0 aliphatic carbocycles. The molecule has 144 valence electrons. The van der Waals surface area contributed by atoms with Crippen LogP contribution in [0, 0.1) is 5.92 Å². The summed E-state index contributed by atoms with van der Waals surface area (Å²) in [4.78, 5) is 26.9. The van der Waals surface area contributed by atoms with Crippen molar-refractivity contribution in [3.05, 3.63) is 27.7 Å². The molecule has 1 N–H and O–H groups in total. The lowest BCUT2D eigenvalue weighted by molar-refractivity contribution is -0.126. The minimum absolute atomic E-state index is 0.0594. The van der Waals surface area contributed by atoms with E-state index in [1.807, 2.05) is 13.8 Å². The number of ether oxygens (including phenoxy) is 1. The number of nitrogens with one attached hydrogen (secondary N) is 1. The molecule has 0 unspecified atom stereocenters. The maximum atomic E-state index is 12.9. The summed E-state index contributed by atoms with van der Waals surface area (Å²) in [5.41, 5.74) is 0.293. The quantitative estimate of drug-likeness (QED) is 0.779. The third-order valence-electron chi connectivity index (χ3n) is 4.96. The summed E-state index contributed by atoms with van der Waals surface area (Å²) >= 11 is 12.3. The van der Waals surface area contributed by atoms with Crippen LogP contribution in [0.1, 0.15) is 49.9 Å². The van der Waals surface area contributed by atoms with Crippen LogP contribution in [0.5, 0.6) is 5.75 Å². The average Bonchev–Trinajstić information content (AvgIpc) is 2.64. The van der Waals surface area contributed by atoms with Crippen LogP contribution in [-0.4, -0.2) is 43.0 Å². The number of benzene rings is 1. The van der Waals surface area contributed by atoms with E-state index >= 15 is 0 Å². The summed E-state index contributed by atoms with van der Waals surface area (Å²) in [5.74, 6) is 0.274. The van der Waals surface area contributed by atoms with Gasteiger partial charge >= 0.3 is 0 Å². The molecule has 1 aromatic carbocycles. The topological polar surface area (TPSA) is 58.6 Å². The Kier molecular flexibility index (Phi) is 7.59. The summed E-state index contributed by atoms with van der Waals surface area (Å²) in [6, 6.07) is 3.31. The van der Waals surface area contributed by atoms with E-state index in [-0.39, 0.29) is 23.8 Å². The molecular formula is C19H26Cl2N2O3. The minimum Gasteiger partial charge on any atom is -0.494 e. The highest BCUT2D eigenvalue weighted by Crippen LogP contribution is 2.35. The van der Waals surface area contributed by atoms with E-state index in [0.717, 1.165) is 25.7 Å². The largest absolute Gasteiger partial charge is 0.494 e. The second-order valence-electron chi connectivity index (χ2n) is 6.53. The number of carbonyl (C=O) groups excluding carboxylic acids is 2. The van der Waals surface area contributed by atoms with Crippen molar-refractivity contribution in [3.63, 3.8) is 0 Å². The van der Waals surface area contributed by atoms with Crippen LogP contribution in [0.25, 0.3) is 0 Å². The molecule has 1 aromatic rings. The first-order valence-electron chi connectivity index (χ1n) is 9.04. The van der Waals surface area contributed by atoms with Crippen LogP contribution in [0.4, 0.5) is 0 Å². The van der Waals surface area contributed by atoms with Gasteiger partial charge in [0.1, 0.15) is 5.56 Å². The second kappa shape index (κ2) is 9.47. The average molecular weight is 401 g/mol. The van der Waals surface area contributed by atoms with Gasteiger partial charge in [-0.25, -0.2) is 0 Å². The molecular weight excluding hydrogens is 375 g/mol. The first kappa shape index (κ1) is 20.8. The number of likely N-dealkylation sites (tertiary alicyclic amines) is 1. The molecule has 7 heteroatoms. The molecule has 1 aliphatic heterocycles. The highest BCUT2D eigenvalue weighted by Gasteiger charge is 2.29. The molecule has 1 aliphatic rings. The fourth-order valence-corrected chi connectivity index (χ4v) is 3.76. The fourth-order valence-electron chi connectivity index (χ4n) is 3.30. The van der Waals surface area contributed by atoms with Crippen molar-refractivity contribution in [2.45, 2.75) is 45.6 Å². The first-order valence-corrected chi connectivity index (χ1v) is 9.80. The molecule has 26 heavy (non-hydrogen) atoms. The van der Waals surface area contributed by atoms with Crippen molar-refractivity contribution >= 4 is 35.0 Å². The van der Waals surface area contributed by atoms with E-state index in [0.29, 0.717) is 34.4 Å². The Morgan fingerprint density at radius 3 is 2.31 bits per heavy atom. The Balaban J connectivity index is 2.01. The molecule has 1 saturated heterocycles. The maximum absolute atomic E-state index is 12.9. The zero-order chi connectivity index (χ0) is 19.3. The minimum atomic E-state index is -0.195. The van der Waals surface area contributed by atoms with Crippen LogP contribution in [0.2, 0.25) is 10.0 Å². The van der Waals surface area contributed by atoms with Crippen molar-refractivity contribution in [2.75, 3.05) is 20.2 Å². The number of hydrogen-bond acceptors (Lipinski definition) is 3. The second-order valence-corrected chi connectivity index (χ2v) is 7.34. The van der Waals surface area contributed by atoms with Gasteiger partial charge in [0.25, 0.3) is 5.91 Å². The van der Waals surface area contributed by atoms with Gasteiger partial charge in [-0.15, -0.1) is 0 Å². The van der Waals surface area contributed by atoms with E-state index in [9.17, 15) is 9.59 Å². The number of amides is 2. The molecule has 0 bridgehead atoms. The number of piperidine rings is 1. The van der Waals surface area contributed by atoms with E-state index in [1.165, 1.54) is 7.11 Å². The number of halogens is 2. The molecule has 1 heterocycles. The number of hydrogen-bond donors (Lipinski definition) is 1. The SMILES string of the molecule is CCC(CC)C(=O)NC1CCN(C(=O)c2c(Cl)ccc(Cl)c2OC)CC1. The lowest BCUT2D eigenvalue weighted by atomic mass is 9.99. The monoisotopic (exact) mass is 400 g/mol. The number of methoxy groups -OCH3 is 1. The van der Waals surface area contributed by atoms with Crippen LogP contribution in [0.15, 0.2) is 12.1 Å². The van der Waals surface area contributed by atoms with Crippen LogP contribution in [0.3, 0.4) is 0 Å². The Morgan fingerprint density at radius 2 is 1.77 bits per heavy atom. The fraction of sp³-hybridized carbons (Fsp3) is 0.579. The molecule has 2 amide bonds. The van der Waals surface area contributed by atoms with Crippen molar-refractivity contribution in [1.29, 1.82) is 0 Å². The van der Waals surface area contributed by atoms with Crippen LogP contribution >= 0.6 is 23.2 Å². The zero-order valence-electron chi connectivity index (χ0n) is 15.5. The van der Waals surface area contributed by atoms with E-state index in [4.69, 9.17) is 27.9 Å². The predicted molar refractivity (Wildman–Crippen MR) is 104 cm³/mol. The standard InChI is InChI=1S/C19H26Cl2N2O3/c1-4-12(5-2)18(24)22-13-8-10-23(11-9-13)19(25)16-14(20)6-7-15(21)17(16)26-3/h6-7,12-13H,4-5,8-11H2,1-3H3,(H,22,24). The number of rotatable bonds is 6. The van der Waals surface area contributed by atoms with E-state index < -0.39 is 0 Å². The molecule has 2 rings (SSSR count). The zero-order valence-corrected chi connectivity index (χ0v) is 17.0. The number of carbonyl (C=O) groups is 2. The molecule has 0 aromatic heterocycles. The van der Waals surface area contributed by atoms with Gasteiger partial charge in [-0.1, -0.05) is 37.0 Å². The van der Waals surface area contributed by atoms with Gasteiger partial charge in [0, 0.05) is 25.0 Å². The smallest absolute Gasteiger partial charge is 0.259 e. The Hall–Kier alpha value is -1.46. The van der Waals surface area contributed by atoms with Crippen molar-refractivity contribution in [2.24, 2.45) is 5.92 Å².